The molecule has 0 aromatic heterocycles. The summed E-state index contributed by atoms with van der Waals surface area (Å²) in [4.78, 5) is 0. The van der Waals surface area contributed by atoms with E-state index in [2.05, 4.69) is 0 Å². The summed E-state index contributed by atoms with van der Waals surface area (Å²) in [5.41, 5.74) is 0.242. The number of nitriles is 1. The van der Waals surface area contributed by atoms with Gasteiger partial charge in [-0.05, 0) is 19.1 Å². The van der Waals surface area contributed by atoms with Gasteiger partial charge < -0.3 is 4.74 Å². The zero-order valence-electron chi connectivity index (χ0n) is 8.33. The monoisotopic (exact) mass is 199 g/mol. The lowest BCUT2D eigenvalue weighted by atomic mass is 9.61. The molecule has 1 rings (SSSR count). The van der Waals surface area contributed by atoms with Gasteiger partial charge in [-0.25, -0.2) is 4.39 Å². The van der Waals surface area contributed by atoms with Crippen molar-refractivity contribution in [3.05, 3.63) is 35.1 Å². The van der Waals surface area contributed by atoms with Crippen LogP contribution < -0.4 is 0 Å². The molecular weight excluding hydrogens is 191 g/mol. The summed E-state index contributed by atoms with van der Waals surface area (Å²) < 4.78 is 18.5. The molecule has 2 nitrogen and oxygen atoms in total. The van der Waals surface area contributed by atoms with Crippen LogP contribution in [0.1, 0.15) is 18.1 Å². The first kappa shape index (κ1) is 11.8. The van der Waals surface area contributed by atoms with Gasteiger partial charge in [0.25, 0.3) is 0 Å². The van der Waals surface area contributed by atoms with Crippen LogP contribution in [0.5, 0.6) is 0 Å². The first-order chi connectivity index (χ1) is 7.01. The van der Waals surface area contributed by atoms with Gasteiger partial charge in [-0.2, -0.15) is 5.26 Å². The first-order valence-corrected chi connectivity index (χ1v) is 4.43. The zero-order chi connectivity index (χ0) is 11.5. The maximum atomic E-state index is 13.5. The fourth-order valence-electron chi connectivity index (χ4n) is 1.22. The van der Waals surface area contributed by atoms with Crippen molar-refractivity contribution >= 4 is 15.7 Å². The molecular formula is C10H8B2FNO. The Morgan fingerprint density at radius 3 is 2.67 bits per heavy atom. The molecule has 1 aromatic carbocycles. The minimum Gasteiger partial charge on any atom is -0.390 e. The molecule has 0 aliphatic rings. The van der Waals surface area contributed by atoms with Crippen molar-refractivity contribution in [1.29, 1.82) is 5.26 Å². The zero-order valence-corrected chi connectivity index (χ0v) is 8.33. The quantitative estimate of drug-likeness (QED) is 0.684. The van der Waals surface area contributed by atoms with Gasteiger partial charge in [0, 0.05) is 17.6 Å². The second-order valence-corrected chi connectivity index (χ2v) is 3.03. The molecule has 0 bridgehead atoms. The topological polar surface area (TPSA) is 33.0 Å². The van der Waals surface area contributed by atoms with Crippen LogP contribution in [0, 0.1) is 17.1 Å². The van der Waals surface area contributed by atoms with Gasteiger partial charge in [-0.3, -0.25) is 0 Å². The van der Waals surface area contributed by atoms with Gasteiger partial charge in [0.05, 0.1) is 11.6 Å². The SMILES string of the molecule is [B]C([B])(OCC)c1ccc(C#N)cc1F. The molecule has 15 heavy (non-hydrogen) atoms. The van der Waals surface area contributed by atoms with Crippen molar-refractivity contribution in [2.75, 3.05) is 6.61 Å². The molecule has 1 aromatic rings. The maximum absolute atomic E-state index is 13.5. The largest absolute Gasteiger partial charge is 0.390 e. The Morgan fingerprint density at radius 2 is 2.20 bits per heavy atom. The lowest BCUT2D eigenvalue weighted by molar-refractivity contribution is 0.0843. The lowest BCUT2D eigenvalue weighted by Gasteiger charge is -2.27. The number of hydrogen-bond acceptors (Lipinski definition) is 2. The number of benzene rings is 1. The minimum absolute atomic E-state index is 0.0309. The minimum atomic E-state index is -1.66. The molecule has 0 aliphatic carbocycles. The lowest BCUT2D eigenvalue weighted by Crippen LogP contribution is -2.31. The van der Waals surface area contributed by atoms with Crippen molar-refractivity contribution in [3.8, 4) is 6.07 Å². The van der Waals surface area contributed by atoms with E-state index in [1.165, 1.54) is 12.1 Å². The molecule has 0 atom stereocenters. The molecule has 0 fully saturated rings. The summed E-state index contributed by atoms with van der Waals surface area (Å²) in [6.07, 6.45) is 0. The highest BCUT2D eigenvalue weighted by Gasteiger charge is 2.23. The first-order valence-electron chi connectivity index (χ1n) is 4.43. The maximum Gasteiger partial charge on any atom is 0.129 e. The molecule has 4 radical (unpaired) electrons. The van der Waals surface area contributed by atoms with Crippen molar-refractivity contribution in [2.45, 2.75) is 12.3 Å². The molecule has 0 aliphatic heterocycles. The van der Waals surface area contributed by atoms with Crippen LogP contribution >= 0.6 is 0 Å². The number of rotatable bonds is 3. The summed E-state index contributed by atoms with van der Waals surface area (Å²) in [6.45, 7) is 1.97. The van der Waals surface area contributed by atoms with E-state index in [4.69, 9.17) is 25.7 Å². The summed E-state index contributed by atoms with van der Waals surface area (Å²) in [5.74, 6) is -0.646. The van der Waals surface area contributed by atoms with Gasteiger partial charge in [0.1, 0.15) is 21.5 Å². The summed E-state index contributed by atoms with van der Waals surface area (Å²) in [7, 11) is 11.1. The van der Waals surface area contributed by atoms with Crippen LogP contribution in [0.25, 0.3) is 0 Å². The smallest absolute Gasteiger partial charge is 0.129 e. The number of hydrogen-bond donors (Lipinski definition) is 0. The molecule has 0 unspecified atom stereocenters. The Balaban J connectivity index is 3.11. The number of nitrogens with zero attached hydrogens (tertiary/aromatic N) is 1. The second kappa shape index (κ2) is 4.50. The van der Waals surface area contributed by atoms with Gasteiger partial charge in [0.2, 0.25) is 0 Å². The number of halogens is 1. The highest BCUT2D eigenvalue weighted by atomic mass is 19.1. The van der Waals surface area contributed by atoms with Crippen LogP contribution in [-0.2, 0) is 10.1 Å². The molecule has 0 spiro atoms. The summed E-state index contributed by atoms with van der Waals surface area (Å²) >= 11 is 0. The molecule has 0 N–H and O–H groups in total. The highest BCUT2D eigenvalue weighted by Crippen LogP contribution is 2.22. The highest BCUT2D eigenvalue weighted by molar-refractivity contribution is 6.38. The Hall–Kier alpha value is -1.27. The third-order valence-electron chi connectivity index (χ3n) is 1.90. The Bertz CT molecular complexity index is 401. The van der Waals surface area contributed by atoms with Gasteiger partial charge in [0.15, 0.2) is 0 Å². The van der Waals surface area contributed by atoms with Crippen LogP contribution in [0.15, 0.2) is 18.2 Å². The van der Waals surface area contributed by atoms with E-state index in [9.17, 15) is 4.39 Å². The van der Waals surface area contributed by atoms with E-state index < -0.39 is 11.2 Å². The van der Waals surface area contributed by atoms with Crippen molar-refractivity contribution in [3.63, 3.8) is 0 Å². The molecule has 0 saturated carbocycles. The fourth-order valence-corrected chi connectivity index (χ4v) is 1.22. The van der Waals surface area contributed by atoms with Crippen LogP contribution in [0.4, 0.5) is 4.39 Å². The number of ether oxygens (including phenoxy) is 1. The van der Waals surface area contributed by atoms with E-state index in [1.807, 2.05) is 6.07 Å². The Kier molecular flexibility index (Phi) is 3.54. The Labute approximate surface area is 90.9 Å². The third-order valence-corrected chi connectivity index (χ3v) is 1.90. The summed E-state index contributed by atoms with van der Waals surface area (Å²) in [5, 5.41) is 6.89. The van der Waals surface area contributed by atoms with Gasteiger partial charge in [-0.15, -0.1) is 0 Å². The predicted octanol–water partition coefficient (Wildman–Crippen LogP) is 1.18. The molecule has 5 heteroatoms. The van der Waals surface area contributed by atoms with E-state index in [1.54, 1.807) is 6.92 Å². The average molecular weight is 199 g/mol. The van der Waals surface area contributed by atoms with E-state index in [0.717, 1.165) is 6.07 Å². The van der Waals surface area contributed by atoms with E-state index in [0.29, 0.717) is 0 Å². The molecule has 0 amide bonds. The molecule has 72 valence electrons. The van der Waals surface area contributed by atoms with Crippen LogP contribution in [-0.4, -0.2) is 22.3 Å². The van der Waals surface area contributed by atoms with Crippen molar-refractivity contribution < 1.29 is 9.13 Å². The third kappa shape index (κ3) is 2.60. The predicted molar refractivity (Wildman–Crippen MR) is 55.9 cm³/mol. The fraction of sp³-hybridized carbons (Fsp3) is 0.300. The summed E-state index contributed by atoms with van der Waals surface area (Å²) in [6, 6.07) is 5.68. The van der Waals surface area contributed by atoms with Gasteiger partial charge in [-0.1, -0.05) is 6.07 Å². The van der Waals surface area contributed by atoms with Crippen LogP contribution in [0.2, 0.25) is 0 Å². The second-order valence-electron chi connectivity index (χ2n) is 3.03. The van der Waals surface area contributed by atoms with Crippen molar-refractivity contribution in [2.24, 2.45) is 0 Å². The van der Waals surface area contributed by atoms with Crippen LogP contribution in [0.3, 0.4) is 0 Å². The normalized spacial score (nSPS) is 11.0. The average Bonchev–Trinajstić information content (AvgIpc) is 2.17. The Morgan fingerprint density at radius 1 is 1.53 bits per heavy atom. The van der Waals surface area contributed by atoms with E-state index in [-0.39, 0.29) is 17.7 Å². The van der Waals surface area contributed by atoms with Crippen molar-refractivity contribution in [1.82, 2.24) is 0 Å². The molecule has 0 heterocycles. The van der Waals surface area contributed by atoms with E-state index >= 15 is 0 Å². The molecule has 0 saturated heterocycles. The standard InChI is InChI=1S/C10H8B2FNO/c1-2-15-10(11,12)8-4-3-7(6-14)5-9(8)13/h3-5H,2H2,1H3. The van der Waals surface area contributed by atoms with Gasteiger partial charge >= 0.3 is 0 Å².